The number of hydrogen-bond donors (Lipinski definition) is 1. The number of nitriles is 1. The number of nitrogens with zero attached hydrogens (tertiary/aromatic N) is 3. The summed E-state index contributed by atoms with van der Waals surface area (Å²) < 4.78 is 14.9. The quantitative estimate of drug-likeness (QED) is 0.734. The Morgan fingerprint density at radius 1 is 1.12 bits per heavy atom. The lowest BCUT2D eigenvalue weighted by atomic mass is 10.1. The van der Waals surface area contributed by atoms with Crippen LogP contribution in [0.4, 0.5) is 10.2 Å². The number of nitrogens with two attached hydrogens (primary N) is 1. The Kier molecular flexibility index (Phi) is 4.93. The summed E-state index contributed by atoms with van der Waals surface area (Å²) >= 11 is 11.9. The first kappa shape index (κ1) is 17.3. The van der Waals surface area contributed by atoms with E-state index < -0.39 is 0 Å². The minimum absolute atomic E-state index is 0.264. The molecule has 1 heterocycles. The van der Waals surface area contributed by atoms with Crippen LogP contribution >= 0.6 is 23.2 Å². The van der Waals surface area contributed by atoms with Crippen molar-refractivity contribution in [3.63, 3.8) is 0 Å². The van der Waals surface area contributed by atoms with Crippen LogP contribution in [-0.4, -0.2) is 9.78 Å². The molecule has 0 saturated heterocycles. The van der Waals surface area contributed by atoms with E-state index in [0.717, 1.165) is 11.1 Å². The summed E-state index contributed by atoms with van der Waals surface area (Å²) in [4.78, 5) is 0. The van der Waals surface area contributed by atoms with Gasteiger partial charge in [0.2, 0.25) is 0 Å². The number of hydrogen-bond acceptors (Lipinski definition) is 3. The Bertz CT molecular complexity index is 976. The molecule has 0 amide bonds. The minimum Gasteiger partial charge on any atom is -0.383 e. The van der Waals surface area contributed by atoms with Crippen molar-refractivity contribution in [1.29, 1.82) is 5.26 Å². The standard InChI is InChI=1S/C18H13Cl2FN4/c19-15-5-4-12(7-16(15)20)10-25-18(23)14(9-22)17(24-25)8-11-2-1-3-13(21)6-11/h1-7H,8,10,23H2. The molecule has 0 radical (unpaired) electrons. The zero-order valence-electron chi connectivity index (χ0n) is 13.0. The van der Waals surface area contributed by atoms with Gasteiger partial charge in [-0.25, -0.2) is 9.07 Å². The maximum atomic E-state index is 13.4. The molecule has 2 aromatic carbocycles. The fraction of sp³-hybridized carbons (Fsp3) is 0.111. The first-order valence-corrected chi connectivity index (χ1v) is 8.17. The maximum absolute atomic E-state index is 13.4. The van der Waals surface area contributed by atoms with Gasteiger partial charge in [-0.1, -0.05) is 41.4 Å². The summed E-state index contributed by atoms with van der Waals surface area (Å²) in [7, 11) is 0. The normalized spacial score (nSPS) is 10.6. The summed E-state index contributed by atoms with van der Waals surface area (Å²) in [6.45, 7) is 0.348. The molecule has 0 aliphatic heterocycles. The van der Waals surface area contributed by atoms with Gasteiger partial charge < -0.3 is 5.73 Å². The van der Waals surface area contributed by atoms with Crippen molar-refractivity contribution in [3.8, 4) is 6.07 Å². The van der Waals surface area contributed by atoms with E-state index in [0.29, 0.717) is 34.3 Å². The molecule has 3 aromatic rings. The van der Waals surface area contributed by atoms with Crippen LogP contribution in [0.5, 0.6) is 0 Å². The van der Waals surface area contributed by atoms with Crippen molar-refractivity contribution >= 4 is 29.0 Å². The highest BCUT2D eigenvalue weighted by Crippen LogP contribution is 2.25. The smallest absolute Gasteiger partial charge is 0.140 e. The number of rotatable bonds is 4. The van der Waals surface area contributed by atoms with Crippen LogP contribution in [0, 0.1) is 17.1 Å². The predicted octanol–water partition coefficient (Wildman–Crippen LogP) is 4.42. The van der Waals surface area contributed by atoms with E-state index in [2.05, 4.69) is 11.2 Å². The van der Waals surface area contributed by atoms with E-state index in [1.807, 2.05) is 6.07 Å². The molecule has 3 rings (SSSR count). The topological polar surface area (TPSA) is 67.6 Å². The van der Waals surface area contributed by atoms with Crippen molar-refractivity contribution in [1.82, 2.24) is 9.78 Å². The highest BCUT2D eigenvalue weighted by molar-refractivity contribution is 6.42. The van der Waals surface area contributed by atoms with Crippen molar-refractivity contribution in [3.05, 3.63) is 80.7 Å². The largest absolute Gasteiger partial charge is 0.383 e. The summed E-state index contributed by atoms with van der Waals surface area (Å²) in [5.74, 6) is -0.0702. The van der Waals surface area contributed by atoms with Crippen LogP contribution in [-0.2, 0) is 13.0 Å². The summed E-state index contributed by atoms with van der Waals surface area (Å²) in [5.41, 5.74) is 8.43. The van der Waals surface area contributed by atoms with Crippen LogP contribution in [0.3, 0.4) is 0 Å². The van der Waals surface area contributed by atoms with Crippen molar-refractivity contribution < 1.29 is 4.39 Å². The van der Waals surface area contributed by atoms with Gasteiger partial charge in [-0.2, -0.15) is 10.4 Å². The highest BCUT2D eigenvalue weighted by atomic mass is 35.5. The van der Waals surface area contributed by atoms with Crippen LogP contribution in [0.25, 0.3) is 0 Å². The van der Waals surface area contributed by atoms with Gasteiger partial charge >= 0.3 is 0 Å². The van der Waals surface area contributed by atoms with Crippen molar-refractivity contribution in [2.24, 2.45) is 0 Å². The number of aromatic nitrogens is 2. The molecule has 2 N–H and O–H groups in total. The molecule has 0 aliphatic rings. The molecule has 1 aromatic heterocycles. The number of anilines is 1. The van der Waals surface area contributed by atoms with E-state index in [-0.39, 0.29) is 11.6 Å². The third-order valence-corrected chi connectivity index (χ3v) is 4.49. The second kappa shape index (κ2) is 7.14. The highest BCUT2D eigenvalue weighted by Gasteiger charge is 2.16. The van der Waals surface area contributed by atoms with Gasteiger partial charge in [0.1, 0.15) is 23.3 Å². The monoisotopic (exact) mass is 374 g/mol. The second-order valence-electron chi connectivity index (χ2n) is 5.53. The molecule has 0 saturated carbocycles. The number of halogens is 3. The van der Waals surface area contributed by atoms with Gasteiger partial charge in [0, 0.05) is 6.42 Å². The molecular formula is C18H13Cl2FN4. The lowest BCUT2D eigenvalue weighted by molar-refractivity contribution is 0.625. The van der Waals surface area contributed by atoms with Gasteiger partial charge in [0.15, 0.2) is 0 Å². The van der Waals surface area contributed by atoms with E-state index >= 15 is 0 Å². The fourth-order valence-corrected chi connectivity index (χ4v) is 2.86. The van der Waals surface area contributed by atoms with Crippen LogP contribution in [0.1, 0.15) is 22.4 Å². The molecule has 0 aliphatic carbocycles. The Morgan fingerprint density at radius 3 is 2.60 bits per heavy atom. The molecule has 0 spiro atoms. The van der Waals surface area contributed by atoms with E-state index in [1.165, 1.54) is 16.8 Å². The van der Waals surface area contributed by atoms with E-state index in [4.69, 9.17) is 28.9 Å². The molecular weight excluding hydrogens is 362 g/mol. The van der Waals surface area contributed by atoms with Crippen LogP contribution < -0.4 is 5.73 Å². The zero-order chi connectivity index (χ0) is 18.0. The fourth-order valence-electron chi connectivity index (χ4n) is 2.54. The number of benzene rings is 2. The molecule has 0 bridgehead atoms. The van der Waals surface area contributed by atoms with E-state index in [1.54, 1.807) is 24.3 Å². The molecule has 126 valence electrons. The van der Waals surface area contributed by atoms with Crippen molar-refractivity contribution in [2.45, 2.75) is 13.0 Å². The van der Waals surface area contributed by atoms with Gasteiger partial charge in [-0.05, 0) is 35.4 Å². The van der Waals surface area contributed by atoms with Crippen LogP contribution in [0.15, 0.2) is 42.5 Å². The lowest BCUT2D eigenvalue weighted by Crippen LogP contribution is -2.06. The zero-order valence-corrected chi connectivity index (χ0v) is 14.5. The first-order chi connectivity index (χ1) is 12.0. The Hall–Kier alpha value is -2.55. The molecule has 0 atom stereocenters. The third kappa shape index (κ3) is 3.76. The summed E-state index contributed by atoms with van der Waals surface area (Å²) in [6, 6.07) is 13.5. The van der Waals surface area contributed by atoms with Gasteiger partial charge in [-0.15, -0.1) is 0 Å². The Morgan fingerprint density at radius 2 is 1.92 bits per heavy atom. The first-order valence-electron chi connectivity index (χ1n) is 7.41. The molecule has 0 unspecified atom stereocenters. The minimum atomic E-state index is -0.334. The molecule has 7 heteroatoms. The molecule has 25 heavy (non-hydrogen) atoms. The molecule has 4 nitrogen and oxygen atoms in total. The second-order valence-corrected chi connectivity index (χ2v) is 6.35. The Labute approximate surface area is 154 Å². The Balaban J connectivity index is 1.92. The SMILES string of the molecule is N#Cc1c(Cc2cccc(F)c2)nn(Cc2ccc(Cl)c(Cl)c2)c1N. The average Bonchev–Trinajstić information content (AvgIpc) is 2.86. The summed E-state index contributed by atoms with van der Waals surface area (Å²) in [5, 5.41) is 14.7. The maximum Gasteiger partial charge on any atom is 0.140 e. The van der Waals surface area contributed by atoms with Gasteiger partial charge in [-0.3, -0.25) is 0 Å². The van der Waals surface area contributed by atoms with E-state index in [9.17, 15) is 9.65 Å². The summed E-state index contributed by atoms with van der Waals surface area (Å²) in [6.07, 6.45) is 0.319. The van der Waals surface area contributed by atoms with Crippen LogP contribution in [0.2, 0.25) is 10.0 Å². The molecule has 0 fully saturated rings. The lowest BCUT2D eigenvalue weighted by Gasteiger charge is -2.05. The predicted molar refractivity (Wildman–Crippen MR) is 96.1 cm³/mol. The third-order valence-electron chi connectivity index (χ3n) is 3.75. The van der Waals surface area contributed by atoms with Gasteiger partial charge in [0.05, 0.1) is 22.3 Å². The van der Waals surface area contributed by atoms with Crippen molar-refractivity contribution in [2.75, 3.05) is 5.73 Å². The number of nitrogen functional groups attached to an aromatic ring is 1. The van der Waals surface area contributed by atoms with Gasteiger partial charge in [0.25, 0.3) is 0 Å². The average molecular weight is 375 g/mol.